The summed E-state index contributed by atoms with van der Waals surface area (Å²) in [4.78, 5) is 7.59. The number of rotatable bonds is 4. The van der Waals surface area contributed by atoms with Crippen LogP contribution >= 0.6 is 0 Å². The van der Waals surface area contributed by atoms with E-state index in [9.17, 15) is 0 Å². The second-order valence-electron chi connectivity index (χ2n) is 14.0. The molecule has 1 aliphatic heterocycles. The van der Waals surface area contributed by atoms with Crippen molar-refractivity contribution >= 4 is 22.5 Å². The Labute approximate surface area is 281 Å². The maximum absolute atomic E-state index is 8.19. The van der Waals surface area contributed by atoms with E-state index >= 15 is 0 Å². The number of nitrogens with zero attached hydrogens (tertiary/aromatic N) is 4. The van der Waals surface area contributed by atoms with Crippen molar-refractivity contribution in [3.63, 3.8) is 0 Å². The summed E-state index contributed by atoms with van der Waals surface area (Å²) in [6.07, 6.45) is 10.5. The SMILES string of the molecule is [2H]C([2H])([2H])n1[c](=[Pt])n(-c2[c-]c(Oc3[c-]c4c(cc3)C3CCCC3C3(CCCC3)N4c3cc(C(C)(C)C)ccn3)ccc2)c2ccccc21. The molecule has 2 atom stereocenters. The Bertz CT molecular complexity index is 2090. The molecule has 0 N–H and O–H groups in total. The summed E-state index contributed by atoms with van der Waals surface area (Å²) in [6.45, 7) is 4.46. The van der Waals surface area contributed by atoms with Crippen LogP contribution in [-0.2, 0) is 31.7 Å². The summed E-state index contributed by atoms with van der Waals surface area (Å²) in [6, 6.07) is 29.3. The number of aryl methyl sites for hydroxylation is 1. The van der Waals surface area contributed by atoms with Gasteiger partial charge in [-0.15, -0.1) is 0 Å². The first kappa shape index (κ1) is 25.7. The molecule has 5 aromatic rings. The van der Waals surface area contributed by atoms with Crippen molar-refractivity contribution < 1.29 is 28.2 Å². The molecule has 45 heavy (non-hydrogen) atoms. The quantitative estimate of drug-likeness (QED) is 0.171. The van der Waals surface area contributed by atoms with Crippen LogP contribution < -0.4 is 9.64 Å². The van der Waals surface area contributed by atoms with Gasteiger partial charge in [-0.1, -0.05) is 40.0 Å². The molecule has 2 fully saturated rings. The number of pyridine rings is 1. The fraction of sp³-hybridized carbons (Fsp3) is 0.385. The predicted octanol–water partition coefficient (Wildman–Crippen LogP) is 9.48. The zero-order valence-electron chi connectivity index (χ0n) is 29.0. The molecule has 234 valence electrons. The van der Waals surface area contributed by atoms with E-state index in [1.54, 1.807) is 0 Å². The molecule has 8 rings (SSSR count). The number of para-hydroxylation sites is 2. The predicted molar refractivity (Wildman–Crippen MR) is 176 cm³/mol. The van der Waals surface area contributed by atoms with E-state index in [1.165, 1.54) is 60.6 Å². The molecular weight excluding hydrogens is 736 g/mol. The van der Waals surface area contributed by atoms with Crippen molar-refractivity contribution in [1.82, 2.24) is 14.1 Å². The van der Waals surface area contributed by atoms with Crippen molar-refractivity contribution in [1.29, 1.82) is 0 Å². The van der Waals surface area contributed by atoms with Crippen LogP contribution in [0.2, 0.25) is 0 Å². The van der Waals surface area contributed by atoms with Crippen LogP contribution in [0.4, 0.5) is 11.5 Å². The molecule has 3 heterocycles. The maximum atomic E-state index is 8.19. The van der Waals surface area contributed by atoms with E-state index in [4.69, 9.17) is 13.8 Å². The Morgan fingerprint density at radius 1 is 0.933 bits per heavy atom. The molecule has 0 amide bonds. The van der Waals surface area contributed by atoms with Crippen LogP contribution in [0.25, 0.3) is 16.7 Å². The summed E-state index contributed by atoms with van der Waals surface area (Å²) in [7, 11) is 0. The Morgan fingerprint density at radius 3 is 2.53 bits per heavy atom. The summed E-state index contributed by atoms with van der Waals surface area (Å²) in [5, 5.41) is 0. The van der Waals surface area contributed by atoms with Crippen molar-refractivity contribution in [3.8, 4) is 17.2 Å². The van der Waals surface area contributed by atoms with Gasteiger partial charge in [0, 0.05) is 6.20 Å². The van der Waals surface area contributed by atoms with Crippen LogP contribution in [0.1, 0.15) is 86.9 Å². The van der Waals surface area contributed by atoms with E-state index in [0.717, 1.165) is 17.0 Å². The number of fused-ring (bicyclic) bond motifs is 5. The Hall–Kier alpha value is -3.43. The standard InChI is InChI=1S/C39H40N4O.Pt/c1-38(2,3)27-19-22-40-37(23-27)43-36-25-30(17-18-32(36)31-13-10-14-33(31)39(43)20-7-8-21-39)44-29-12-9-11-28(24-29)42-26-41(4)34-15-5-6-16-35(34)42;/h5-6,9,11-12,15-19,22-23,31,33H,7-8,10,13-14,20-21H2,1-4H3;/q-2;/i4D3;. The summed E-state index contributed by atoms with van der Waals surface area (Å²) in [5.74, 6) is 3.31. The Morgan fingerprint density at radius 2 is 1.73 bits per heavy atom. The van der Waals surface area contributed by atoms with Crippen molar-refractivity contribution in [2.24, 2.45) is 12.9 Å². The van der Waals surface area contributed by atoms with Gasteiger partial charge in [0.1, 0.15) is 0 Å². The first-order chi connectivity index (χ1) is 23.0. The first-order valence-electron chi connectivity index (χ1n) is 17.7. The van der Waals surface area contributed by atoms with Crippen LogP contribution in [0.5, 0.6) is 11.5 Å². The third-order valence-corrected chi connectivity index (χ3v) is 11.4. The van der Waals surface area contributed by atoms with Gasteiger partial charge in [0.05, 0.1) is 0 Å². The van der Waals surface area contributed by atoms with Gasteiger partial charge in [0.15, 0.2) is 0 Å². The van der Waals surface area contributed by atoms with Gasteiger partial charge in [-0.25, -0.2) is 0 Å². The van der Waals surface area contributed by atoms with Crippen LogP contribution in [0, 0.1) is 21.9 Å². The Kier molecular flexibility index (Phi) is 6.19. The Balaban J connectivity index is 1.22. The minimum absolute atomic E-state index is 0.0101. The van der Waals surface area contributed by atoms with Gasteiger partial charge in [-0.05, 0) is 23.5 Å². The van der Waals surface area contributed by atoms with Crippen molar-refractivity contribution in [2.45, 2.75) is 82.6 Å². The number of benzene rings is 3. The van der Waals surface area contributed by atoms with Gasteiger partial charge >= 0.3 is 213 Å². The third kappa shape index (κ3) is 4.68. The molecule has 3 aromatic carbocycles. The van der Waals surface area contributed by atoms with Crippen molar-refractivity contribution in [2.75, 3.05) is 4.90 Å². The summed E-state index contributed by atoms with van der Waals surface area (Å²) in [5.41, 5.74) is 5.91. The average Bonchev–Trinajstić information content (AvgIpc) is 3.79. The number of hydrogen-bond donors (Lipinski definition) is 0. The summed E-state index contributed by atoms with van der Waals surface area (Å²) < 4.78 is 35.0. The molecule has 6 heteroatoms. The van der Waals surface area contributed by atoms with Gasteiger partial charge in [0.25, 0.3) is 0 Å². The molecule has 2 unspecified atom stereocenters. The molecule has 0 saturated heterocycles. The average molecular weight is 779 g/mol. The fourth-order valence-electron chi connectivity index (χ4n) is 8.41. The topological polar surface area (TPSA) is 35.2 Å². The van der Waals surface area contributed by atoms with Gasteiger partial charge in [-0.3, -0.25) is 0 Å². The van der Waals surface area contributed by atoms with Crippen molar-refractivity contribution in [3.05, 3.63) is 100.0 Å². The molecule has 2 saturated carbocycles. The second kappa shape index (κ2) is 10.8. The summed E-state index contributed by atoms with van der Waals surface area (Å²) >= 11 is 2.09. The molecule has 2 aliphatic carbocycles. The molecule has 0 radical (unpaired) electrons. The number of imidazole rings is 1. The van der Waals surface area contributed by atoms with E-state index < -0.39 is 6.98 Å². The van der Waals surface area contributed by atoms with Crippen LogP contribution in [0.3, 0.4) is 0 Å². The van der Waals surface area contributed by atoms with Gasteiger partial charge in [-0.2, -0.15) is 0 Å². The monoisotopic (exact) mass is 778 g/mol. The molecule has 3 aliphatic rings. The zero-order valence-corrected chi connectivity index (χ0v) is 28.3. The fourth-order valence-corrected chi connectivity index (χ4v) is 9.23. The van der Waals surface area contributed by atoms with E-state index in [-0.39, 0.29) is 11.0 Å². The molecule has 1 spiro atoms. The number of ether oxygens (including phenoxy) is 1. The van der Waals surface area contributed by atoms with E-state index in [2.05, 4.69) is 81.4 Å². The minimum atomic E-state index is -2.32. The number of aromatic nitrogens is 3. The van der Waals surface area contributed by atoms with Crippen LogP contribution in [-0.4, -0.2) is 19.7 Å². The first-order valence-corrected chi connectivity index (χ1v) is 17.3. The number of anilines is 2. The second-order valence-corrected chi connectivity index (χ2v) is 15.0. The van der Waals surface area contributed by atoms with Gasteiger partial charge < -0.3 is 0 Å². The molecule has 2 aromatic heterocycles. The molecule has 0 bridgehead atoms. The third-order valence-electron chi connectivity index (χ3n) is 10.4. The normalized spacial score (nSPS) is 21.8. The molecule has 5 nitrogen and oxygen atoms in total. The number of hydrogen-bond acceptors (Lipinski definition) is 3. The van der Waals surface area contributed by atoms with Crippen LogP contribution in [0.15, 0.2) is 72.9 Å². The zero-order chi connectivity index (χ0) is 33.4. The van der Waals surface area contributed by atoms with E-state index in [1.807, 2.05) is 53.2 Å². The molecular formula is C39H40N4OPt-2. The van der Waals surface area contributed by atoms with E-state index in [0.29, 0.717) is 38.3 Å². The van der Waals surface area contributed by atoms with Gasteiger partial charge in [0.2, 0.25) is 0 Å².